The lowest BCUT2D eigenvalue weighted by Crippen LogP contribution is -2.45. The highest BCUT2D eigenvalue weighted by molar-refractivity contribution is 7.89. The van der Waals surface area contributed by atoms with Gasteiger partial charge in [0.1, 0.15) is 11.6 Å². The van der Waals surface area contributed by atoms with E-state index in [2.05, 4.69) is 10.0 Å². The fourth-order valence-electron chi connectivity index (χ4n) is 2.55. The number of halogens is 1. The molecule has 2 aromatic carbocycles. The van der Waals surface area contributed by atoms with Gasteiger partial charge in [0, 0.05) is 0 Å². The van der Waals surface area contributed by atoms with Crippen LogP contribution in [0.2, 0.25) is 0 Å². The number of hydrogen-bond acceptors (Lipinski definition) is 4. The number of hydrogen-bond donors (Lipinski definition) is 2. The molecule has 0 aliphatic rings. The lowest BCUT2D eigenvalue weighted by Gasteiger charge is -2.19. The molecule has 2 N–H and O–H groups in total. The molecule has 1 amide bonds. The first-order valence-electron chi connectivity index (χ1n) is 8.37. The molecule has 0 aromatic heterocycles. The van der Waals surface area contributed by atoms with Gasteiger partial charge in [-0.15, -0.1) is 0 Å². The number of carbonyl (C=O) groups is 1. The van der Waals surface area contributed by atoms with Gasteiger partial charge in [-0.1, -0.05) is 12.1 Å². The summed E-state index contributed by atoms with van der Waals surface area (Å²) < 4.78 is 45.5. The minimum Gasteiger partial charge on any atom is -0.496 e. The molecular weight excluding hydrogens is 371 g/mol. The Kier molecular flexibility index (Phi) is 6.56. The number of rotatable bonds is 7. The van der Waals surface area contributed by atoms with Crippen LogP contribution in [0.25, 0.3) is 0 Å². The summed E-state index contributed by atoms with van der Waals surface area (Å²) in [5, 5.41) is 2.71. The smallest absolute Gasteiger partial charge is 0.241 e. The monoisotopic (exact) mass is 394 g/mol. The Morgan fingerprint density at radius 1 is 1.11 bits per heavy atom. The van der Waals surface area contributed by atoms with Crippen molar-refractivity contribution in [2.24, 2.45) is 0 Å². The molecular formula is C19H23FN2O4S. The minimum atomic E-state index is -3.87. The van der Waals surface area contributed by atoms with Gasteiger partial charge in [-0.05, 0) is 62.2 Å². The third-order valence-electron chi connectivity index (χ3n) is 4.13. The zero-order valence-corrected chi connectivity index (χ0v) is 16.4. The Morgan fingerprint density at radius 3 is 2.30 bits per heavy atom. The lowest BCUT2D eigenvalue weighted by molar-refractivity contribution is -0.123. The number of sulfonamides is 1. The highest BCUT2D eigenvalue weighted by atomic mass is 32.2. The van der Waals surface area contributed by atoms with Crippen molar-refractivity contribution in [3.63, 3.8) is 0 Å². The topological polar surface area (TPSA) is 84.5 Å². The second-order valence-corrected chi connectivity index (χ2v) is 7.97. The first-order chi connectivity index (χ1) is 12.6. The molecule has 6 nitrogen and oxygen atoms in total. The summed E-state index contributed by atoms with van der Waals surface area (Å²) in [6.07, 6.45) is 0. The summed E-state index contributed by atoms with van der Waals surface area (Å²) in [4.78, 5) is 12.4. The van der Waals surface area contributed by atoms with Gasteiger partial charge in [-0.3, -0.25) is 4.79 Å². The van der Waals surface area contributed by atoms with Crippen molar-refractivity contribution in [3.8, 4) is 5.75 Å². The Balaban J connectivity index is 2.06. The van der Waals surface area contributed by atoms with Gasteiger partial charge in [-0.25, -0.2) is 12.8 Å². The lowest BCUT2D eigenvalue weighted by atomic mass is 10.1. The van der Waals surface area contributed by atoms with Gasteiger partial charge in [0.15, 0.2) is 0 Å². The van der Waals surface area contributed by atoms with E-state index in [1.807, 2.05) is 0 Å². The zero-order chi connectivity index (χ0) is 20.2. The molecule has 2 aromatic rings. The highest BCUT2D eigenvalue weighted by Crippen LogP contribution is 2.21. The maximum absolute atomic E-state index is 13.0. The Bertz CT molecular complexity index is 914. The number of carbonyl (C=O) groups excluding carboxylic acids is 1. The van der Waals surface area contributed by atoms with E-state index in [4.69, 9.17) is 4.74 Å². The quantitative estimate of drug-likeness (QED) is 0.756. The first-order valence-corrected chi connectivity index (χ1v) is 9.85. The van der Waals surface area contributed by atoms with Crippen LogP contribution in [0.1, 0.15) is 31.0 Å². The SMILES string of the molecule is COc1ccc(S(=O)(=O)NC(C)C(=O)NC(C)c2ccc(F)cc2)cc1C. The van der Waals surface area contributed by atoms with Crippen molar-refractivity contribution in [1.82, 2.24) is 10.0 Å². The average molecular weight is 394 g/mol. The fraction of sp³-hybridized carbons (Fsp3) is 0.316. The van der Waals surface area contributed by atoms with Crippen LogP contribution in [0, 0.1) is 12.7 Å². The van der Waals surface area contributed by atoms with E-state index in [-0.39, 0.29) is 10.7 Å². The largest absolute Gasteiger partial charge is 0.496 e. The molecule has 0 heterocycles. The van der Waals surface area contributed by atoms with Crippen molar-refractivity contribution < 1.29 is 22.3 Å². The van der Waals surface area contributed by atoms with E-state index in [9.17, 15) is 17.6 Å². The highest BCUT2D eigenvalue weighted by Gasteiger charge is 2.23. The summed E-state index contributed by atoms with van der Waals surface area (Å²) in [6.45, 7) is 4.93. The van der Waals surface area contributed by atoms with Crippen molar-refractivity contribution in [2.45, 2.75) is 37.8 Å². The van der Waals surface area contributed by atoms with Crippen LogP contribution < -0.4 is 14.8 Å². The van der Waals surface area contributed by atoms with E-state index in [0.717, 1.165) is 0 Å². The zero-order valence-electron chi connectivity index (χ0n) is 15.6. The third kappa shape index (κ3) is 5.27. The number of benzene rings is 2. The summed E-state index contributed by atoms with van der Waals surface area (Å²) in [7, 11) is -2.37. The summed E-state index contributed by atoms with van der Waals surface area (Å²) in [5.74, 6) is -0.276. The van der Waals surface area contributed by atoms with Crippen molar-refractivity contribution >= 4 is 15.9 Å². The number of methoxy groups -OCH3 is 1. The molecule has 27 heavy (non-hydrogen) atoms. The predicted octanol–water partition coefficient (Wildman–Crippen LogP) is 2.69. The summed E-state index contributed by atoms with van der Waals surface area (Å²) in [6, 6.07) is 8.81. The standard InChI is InChI=1S/C19H23FN2O4S/c1-12-11-17(9-10-18(12)26-4)27(24,25)22-14(3)19(23)21-13(2)15-5-7-16(20)8-6-15/h5-11,13-14,22H,1-4H3,(H,21,23). The van der Waals surface area contributed by atoms with Crippen LogP contribution in [-0.2, 0) is 14.8 Å². The van der Waals surface area contributed by atoms with E-state index in [1.54, 1.807) is 32.0 Å². The van der Waals surface area contributed by atoms with Gasteiger partial charge < -0.3 is 10.1 Å². The van der Waals surface area contributed by atoms with E-state index < -0.39 is 28.0 Å². The van der Waals surface area contributed by atoms with E-state index in [0.29, 0.717) is 16.9 Å². The maximum Gasteiger partial charge on any atom is 0.241 e. The van der Waals surface area contributed by atoms with Crippen LogP contribution in [0.5, 0.6) is 5.75 Å². The molecule has 0 spiro atoms. The van der Waals surface area contributed by atoms with Gasteiger partial charge >= 0.3 is 0 Å². The summed E-state index contributed by atoms with van der Waals surface area (Å²) >= 11 is 0. The Hall–Kier alpha value is -2.45. The molecule has 0 radical (unpaired) electrons. The molecule has 0 aliphatic carbocycles. The molecule has 8 heteroatoms. The van der Waals surface area contributed by atoms with Crippen LogP contribution in [0.4, 0.5) is 4.39 Å². The number of nitrogens with one attached hydrogen (secondary N) is 2. The van der Waals surface area contributed by atoms with Crippen LogP contribution in [0.3, 0.4) is 0 Å². The molecule has 0 fully saturated rings. The van der Waals surface area contributed by atoms with E-state index >= 15 is 0 Å². The molecule has 0 bridgehead atoms. The molecule has 146 valence electrons. The second kappa shape index (κ2) is 8.49. The van der Waals surface area contributed by atoms with Crippen LogP contribution >= 0.6 is 0 Å². The van der Waals surface area contributed by atoms with E-state index in [1.165, 1.54) is 38.3 Å². The van der Waals surface area contributed by atoms with Gasteiger partial charge in [0.25, 0.3) is 0 Å². The van der Waals surface area contributed by atoms with Crippen molar-refractivity contribution in [1.29, 1.82) is 0 Å². The Labute approximate surface area is 158 Å². The normalized spacial score (nSPS) is 13.7. The van der Waals surface area contributed by atoms with Gasteiger partial charge in [0.05, 0.1) is 24.1 Å². The fourth-order valence-corrected chi connectivity index (χ4v) is 3.83. The molecule has 2 unspecified atom stereocenters. The molecule has 0 aliphatic heterocycles. The maximum atomic E-state index is 13.0. The summed E-state index contributed by atoms with van der Waals surface area (Å²) in [5.41, 5.74) is 1.38. The second-order valence-electron chi connectivity index (χ2n) is 6.26. The first kappa shape index (κ1) is 20.9. The Morgan fingerprint density at radius 2 is 1.74 bits per heavy atom. The predicted molar refractivity (Wildman–Crippen MR) is 100 cm³/mol. The number of amides is 1. The number of ether oxygens (including phenoxy) is 1. The van der Waals surface area contributed by atoms with Crippen LogP contribution in [-0.4, -0.2) is 27.5 Å². The molecule has 0 saturated heterocycles. The van der Waals surface area contributed by atoms with Gasteiger partial charge in [0.2, 0.25) is 15.9 Å². The molecule has 2 rings (SSSR count). The molecule has 2 atom stereocenters. The average Bonchev–Trinajstić information content (AvgIpc) is 2.61. The molecule has 0 saturated carbocycles. The third-order valence-corrected chi connectivity index (χ3v) is 5.67. The van der Waals surface area contributed by atoms with Gasteiger partial charge in [-0.2, -0.15) is 4.72 Å². The van der Waals surface area contributed by atoms with Crippen molar-refractivity contribution in [2.75, 3.05) is 7.11 Å². The minimum absolute atomic E-state index is 0.0482. The van der Waals surface area contributed by atoms with Crippen molar-refractivity contribution in [3.05, 3.63) is 59.4 Å². The number of aryl methyl sites for hydroxylation is 1. The van der Waals surface area contributed by atoms with Crippen LogP contribution in [0.15, 0.2) is 47.4 Å².